The van der Waals surface area contributed by atoms with E-state index in [1.165, 1.54) is 87.6 Å². The van der Waals surface area contributed by atoms with Crippen molar-refractivity contribution in [3.63, 3.8) is 0 Å². The fraction of sp³-hybridized carbons (Fsp3) is 0. The monoisotopic (exact) mass is 749 g/mol. The maximum absolute atomic E-state index is 2.46. The summed E-state index contributed by atoms with van der Waals surface area (Å²) in [6, 6.07) is 86.4. The second-order valence-electron chi connectivity index (χ2n) is 15.2. The highest BCUT2D eigenvalue weighted by molar-refractivity contribution is 6.14. The van der Waals surface area contributed by atoms with Crippen molar-refractivity contribution in [1.82, 2.24) is 0 Å². The highest BCUT2D eigenvalue weighted by atomic mass is 15.1. The van der Waals surface area contributed by atoms with Crippen LogP contribution in [0.1, 0.15) is 0 Å². The number of rotatable bonds is 7. The van der Waals surface area contributed by atoms with Gasteiger partial charge in [-0.2, -0.15) is 0 Å². The zero-order chi connectivity index (χ0) is 39.1. The minimum absolute atomic E-state index is 1.08. The van der Waals surface area contributed by atoms with Crippen LogP contribution in [0.5, 0.6) is 0 Å². The molecule has 11 aromatic carbocycles. The number of nitrogens with zero attached hydrogens (tertiary/aromatic N) is 1. The minimum Gasteiger partial charge on any atom is -0.310 e. The lowest BCUT2D eigenvalue weighted by molar-refractivity contribution is 1.28. The van der Waals surface area contributed by atoms with Crippen LogP contribution in [0.25, 0.3) is 87.6 Å². The highest BCUT2D eigenvalue weighted by Gasteiger charge is 2.23. The van der Waals surface area contributed by atoms with Crippen LogP contribution >= 0.6 is 0 Å². The normalized spacial score (nSPS) is 11.4. The Morgan fingerprint density at radius 3 is 1.51 bits per heavy atom. The third-order valence-electron chi connectivity index (χ3n) is 11.8. The zero-order valence-corrected chi connectivity index (χ0v) is 32.5. The first-order chi connectivity index (χ1) is 29.3. The van der Waals surface area contributed by atoms with E-state index < -0.39 is 0 Å². The van der Waals surface area contributed by atoms with Crippen molar-refractivity contribution in [2.45, 2.75) is 0 Å². The Hall–Kier alpha value is -7.74. The molecule has 0 aromatic heterocycles. The molecule has 0 aliphatic carbocycles. The van der Waals surface area contributed by atoms with Gasteiger partial charge >= 0.3 is 0 Å². The molecule has 1 nitrogen and oxygen atoms in total. The smallest absolute Gasteiger partial charge is 0.0546 e. The topological polar surface area (TPSA) is 3.24 Å². The number of hydrogen-bond donors (Lipinski definition) is 0. The molecule has 0 aliphatic rings. The summed E-state index contributed by atoms with van der Waals surface area (Å²) in [5.74, 6) is 0. The van der Waals surface area contributed by atoms with E-state index in [0.29, 0.717) is 0 Å². The zero-order valence-electron chi connectivity index (χ0n) is 32.5. The molecule has 0 amide bonds. The molecular formula is C58H39N. The lowest BCUT2D eigenvalue weighted by Gasteiger charge is -2.30. The van der Waals surface area contributed by atoms with Gasteiger partial charge < -0.3 is 4.90 Å². The number of anilines is 3. The summed E-state index contributed by atoms with van der Waals surface area (Å²) in [6.07, 6.45) is 0. The molecule has 0 radical (unpaired) electrons. The van der Waals surface area contributed by atoms with Crippen LogP contribution in [0.4, 0.5) is 17.1 Å². The summed E-state index contributed by atoms with van der Waals surface area (Å²) in [5.41, 5.74) is 12.9. The standard InChI is InChI=1S/C58H39N/c1-2-16-40(17-3-1)44-23-12-24-47(38-44)59(46-36-34-43(35-37-46)56-39-45-20-6-9-27-50(45)51-28-10-11-29-53(51)56)57-33-15-32-55(52-30-13-21-41-18-4-7-25-48(41)52)58(57)54-31-14-22-42-19-5-8-26-49(42)54/h1-39H. The van der Waals surface area contributed by atoms with E-state index in [0.717, 1.165) is 17.1 Å². The molecule has 0 atom stereocenters. The summed E-state index contributed by atoms with van der Waals surface area (Å²) in [7, 11) is 0. The summed E-state index contributed by atoms with van der Waals surface area (Å²) in [5, 5.41) is 9.95. The van der Waals surface area contributed by atoms with Crippen molar-refractivity contribution >= 4 is 60.2 Å². The summed E-state index contributed by atoms with van der Waals surface area (Å²) in [6.45, 7) is 0. The van der Waals surface area contributed by atoms with Crippen LogP contribution in [0, 0.1) is 0 Å². The average molecular weight is 750 g/mol. The van der Waals surface area contributed by atoms with E-state index in [4.69, 9.17) is 0 Å². The Bertz CT molecular complexity index is 3310. The van der Waals surface area contributed by atoms with Crippen LogP contribution in [0.15, 0.2) is 237 Å². The molecule has 0 aliphatic heterocycles. The minimum atomic E-state index is 1.08. The molecule has 0 fully saturated rings. The number of fused-ring (bicyclic) bond motifs is 5. The Labute approximate surface area is 344 Å². The van der Waals surface area contributed by atoms with E-state index >= 15 is 0 Å². The fourth-order valence-corrected chi connectivity index (χ4v) is 9.10. The Morgan fingerprint density at radius 2 is 0.763 bits per heavy atom. The molecule has 0 saturated heterocycles. The van der Waals surface area contributed by atoms with E-state index in [9.17, 15) is 0 Å². The quantitative estimate of drug-likeness (QED) is 0.147. The van der Waals surface area contributed by atoms with Gasteiger partial charge in [0.1, 0.15) is 0 Å². The molecule has 0 heterocycles. The van der Waals surface area contributed by atoms with Gasteiger partial charge in [-0.1, -0.05) is 200 Å². The highest BCUT2D eigenvalue weighted by Crippen LogP contribution is 2.49. The Kier molecular flexibility index (Phi) is 8.56. The Morgan fingerprint density at radius 1 is 0.237 bits per heavy atom. The second kappa shape index (κ2) is 14.6. The van der Waals surface area contributed by atoms with Gasteiger partial charge in [0.15, 0.2) is 0 Å². The third kappa shape index (κ3) is 6.12. The first-order valence-corrected chi connectivity index (χ1v) is 20.3. The van der Waals surface area contributed by atoms with Crippen molar-refractivity contribution in [3.05, 3.63) is 237 Å². The predicted octanol–water partition coefficient (Wildman–Crippen LogP) is 16.4. The van der Waals surface area contributed by atoms with Gasteiger partial charge in [0.2, 0.25) is 0 Å². The second-order valence-corrected chi connectivity index (χ2v) is 15.2. The van der Waals surface area contributed by atoms with Gasteiger partial charge in [0, 0.05) is 16.9 Å². The first-order valence-electron chi connectivity index (χ1n) is 20.3. The van der Waals surface area contributed by atoms with Gasteiger partial charge in [-0.15, -0.1) is 0 Å². The average Bonchev–Trinajstić information content (AvgIpc) is 3.31. The van der Waals surface area contributed by atoms with Crippen LogP contribution < -0.4 is 4.90 Å². The molecule has 0 bridgehead atoms. The van der Waals surface area contributed by atoms with Crippen LogP contribution in [-0.4, -0.2) is 0 Å². The van der Waals surface area contributed by atoms with E-state index in [1.807, 2.05) is 0 Å². The van der Waals surface area contributed by atoms with Gasteiger partial charge in [0.25, 0.3) is 0 Å². The van der Waals surface area contributed by atoms with Crippen LogP contribution in [0.3, 0.4) is 0 Å². The van der Waals surface area contributed by atoms with E-state index in [1.54, 1.807) is 0 Å². The summed E-state index contributed by atoms with van der Waals surface area (Å²) < 4.78 is 0. The number of benzene rings is 11. The molecule has 0 saturated carbocycles. The Balaban J connectivity index is 1.18. The van der Waals surface area contributed by atoms with Crippen molar-refractivity contribution in [2.24, 2.45) is 0 Å². The molecule has 59 heavy (non-hydrogen) atoms. The molecule has 11 rings (SSSR count). The number of hydrogen-bond acceptors (Lipinski definition) is 1. The van der Waals surface area contributed by atoms with Gasteiger partial charge in [-0.05, 0) is 118 Å². The lowest BCUT2D eigenvalue weighted by atomic mass is 9.87. The molecular weight excluding hydrogens is 711 g/mol. The van der Waals surface area contributed by atoms with E-state index in [-0.39, 0.29) is 0 Å². The maximum atomic E-state index is 2.46. The van der Waals surface area contributed by atoms with Crippen molar-refractivity contribution in [2.75, 3.05) is 4.90 Å². The fourth-order valence-electron chi connectivity index (χ4n) is 9.10. The molecule has 11 aromatic rings. The molecule has 1 heteroatoms. The largest absolute Gasteiger partial charge is 0.310 e. The van der Waals surface area contributed by atoms with Crippen molar-refractivity contribution in [3.8, 4) is 44.5 Å². The van der Waals surface area contributed by atoms with Gasteiger partial charge in [-0.3, -0.25) is 0 Å². The summed E-state index contributed by atoms with van der Waals surface area (Å²) >= 11 is 0. The van der Waals surface area contributed by atoms with Crippen molar-refractivity contribution in [1.29, 1.82) is 0 Å². The molecule has 0 unspecified atom stereocenters. The molecule has 0 spiro atoms. The van der Waals surface area contributed by atoms with E-state index in [2.05, 4.69) is 241 Å². The predicted molar refractivity (Wildman–Crippen MR) is 253 cm³/mol. The van der Waals surface area contributed by atoms with Crippen LogP contribution in [-0.2, 0) is 0 Å². The summed E-state index contributed by atoms with van der Waals surface area (Å²) in [4.78, 5) is 2.46. The van der Waals surface area contributed by atoms with Crippen LogP contribution in [0.2, 0.25) is 0 Å². The third-order valence-corrected chi connectivity index (χ3v) is 11.8. The molecule has 0 N–H and O–H groups in total. The van der Waals surface area contributed by atoms with Gasteiger partial charge in [0.05, 0.1) is 5.69 Å². The van der Waals surface area contributed by atoms with Gasteiger partial charge in [-0.25, -0.2) is 0 Å². The molecule has 276 valence electrons. The van der Waals surface area contributed by atoms with Crippen molar-refractivity contribution < 1.29 is 0 Å². The first kappa shape index (κ1) is 34.5. The SMILES string of the molecule is c1ccc(-c2cccc(N(c3ccc(-c4cc5ccccc5c5ccccc45)cc3)c3cccc(-c4cccc5ccccc45)c3-c3cccc4ccccc34)c2)cc1. The lowest BCUT2D eigenvalue weighted by Crippen LogP contribution is -2.12. The maximum Gasteiger partial charge on any atom is 0.0546 e.